The number of hydrogen-bond acceptors (Lipinski definition) is 3. The Labute approximate surface area is 344 Å². The van der Waals surface area contributed by atoms with E-state index in [0.29, 0.717) is 0 Å². The highest BCUT2D eigenvalue weighted by atomic mass is 16.5. The third-order valence-corrected chi connectivity index (χ3v) is 12.8. The van der Waals surface area contributed by atoms with Crippen LogP contribution in [0.4, 0.5) is 17.1 Å². The number of ether oxygens (including phenoxy) is 2. The van der Waals surface area contributed by atoms with Crippen molar-refractivity contribution in [3.63, 3.8) is 0 Å². The van der Waals surface area contributed by atoms with E-state index < -0.39 is 0 Å². The average Bonchev–Trinajstić information content (AvgIpc) is 3.51. The van der Waals surface area contributed by atoms with Crippen molar-refractivity contribution in [2.75, 3.05) is 4.90 Å². The van der Waals surface area contributed by atoms with Gasteiger partial charge < -0.3 is 14.4 Å². The van der Waals surface area contributed by atoms with Gasteiger partial charge in [0.1, 0.15) is 23.0 Å². The first-order chi connectivity index (χ1) is 29.0. The second-order valence-corrected chi connectivity index (χ2v) is 16.4. The molecule has 0 aromatic heterocycles. The number of nitrogens with zero attached hydrogens (tertiary/aromatic N) is 1. The summed E-state index contributed by atoms with van der Waals surface area (Å²) in [5.74, 6) is 3.46. The van der Waals surface area contributed by atoms with Gasteiger partial charge >= 0.3 is 0 Å². The van der Waals surface area contributed by atoms with E-state index in [0.717, 1.165) is 62.1 Å². The van der Waals surface area contributed by atoms with Crippen molar-refractivity contribution in [1.82, 2.24) is 0 Å². The maximum atomic E-state index is 7.16. The molecule has 1 aliphatic carbocycles. The van der Waals surface area contributed by atoms with Crippen LogP contribution >= 0.6 is 0 Å². The van der Waals surface area contributed by atoms with E-state index in [2.05, 4.69) is 213 Å². The second-order valence-electron chi connectivity index (χ2n) is 16.4. The summed E-state index contributed by atoms with van der Waals surface area (Å²) in [6, 6.07) is 69.7. The van der Waals surface area contributed by atoms with Crippen LogP contribution in [0.15, 0.2) is 194 Å². The monoisotopic (exact) mass is 755 g/mol. The lowest BCUT2D eigenvalue weighted by Gasteiger charge is -2.34. The first-order valence-electron chi connectivity index (χ1n) is 20.5. The molecular formula is C55H38BNO2. The molecule has 278 valence electrons. The zero-order valence-electron chi connectivity index (χ0n) is 32.8. The van der Waals surface area contributed by atoms with Crippen LogP contribution in [0, 0.1) is 0 Å². The summed E-state index contributed by atoms with van der Waals surface area (Å²) in [5.41, 5.74) is 16.2. The molecule has 0 saturated heterocycles. The van der Waals surface area contributed by atoms with E-state index in [1.807, 2.05) is 0 Å². The average molecular weight is 756 g/mol. The Morgan fingerprint density at radius 3 is 1.68 bits per heavy atom. The Hall–Kier alpha value is -7.30. The minimum absolute atomic E-state index is 0.0455. The molecule has 0 spiro atoms. The van der Waals surface area contributed by atoms with Gasteiger partial charge in [-0.1, -0.05) is 153 Å². The van der Waals surface area contributed by atoms with Gasteiger partial charge in [0.2, 0.25) is 0 Å². The van der Waals surface area contributed by atoms with E-state index in [9.17, 15) is 0 Å². The first-order valence-corrected chi connectivity index (χ1v) is 20.5. The van der Waals surface area contributed by atoms with Crippen LogP contribution in [0.2, 0.25) is 0 Å². The highest BCUT2D eigenvalue weighted by Crippen LogP contribution is 2.55. The standard InChI is InChI=1S/C55H38BNO2/c1-55(2)44-33-47-50(32-43(44)53-42-27-15-14-26-41(42)48(34-45(53)55)57(37-20-8-4-9-21-37)38-22-10-5-11-23-38)59-52-31-36(40-25-13-12-24-39(40)35-18-6-3-7-19-35)30-51-54(52)56(47)46-28-16-17-29-49(46)58-51/h3-34H,1-2H3. The molecule has 3 aliphatic rings. The number of fused-ring (bicyclic) bond motifs is 9. The number of benzene rings is 9. The molecule has 9 aromatic carbocycles. The summed E-state index contributed by atoms with van der Waals surface area (Å²) in [5, 5.41) is 2.44. The molecule has 4 heteroatoms. The van der Waals surface area contributed by atoms with Crippen LogP contribution in [0.3, 0.4) is 0 Å². The van der Waals surface area contributed by atoms with Gasteiger partial charge in [0.15, 0.2) is 0 Å². The molecule has 0 saturated carbocycles. The number of rotatable bonds is 5. The Balaban J connectivity index is 1.07. The molecule has 0 atom stereocenters. The van der Waals surface area contributed by atoms with Crippen molar-refractivity contribution >= 4 is 50.9 Å². The smallest absolute Gasteiger partial charge is 0.260 e. The van der Waals surface area contributed by atoms with Crippen LogP contribution in [-0.4, -0.2) is 6.71 Å². The summed E-state index contributed by atoms with van der Waals surface area (Å²) in [7, 11) is 0. The molecule has 0 fully saturated rings. The van der Waals surface area contributed by atoms with Gasteiger partial charge in [0.05, 0.1) is 5.69 Å². The highest BCUT2D eigenvalue weighted by Gasteiger charge is 2.44. The van der Waals surface area contributed by atoms with Gasteiger partial charge in [-0.05, 0) is 115 Å². The van der Waals surface area contributed by atoms with Gasteiger partial charge in [0.25, 0.3) is 6.71 Å². The van der Waals surface area contributed by atoms with Crippen LogP contribution in [0.1, 0.15) is 25.0 Å². The molecule has 59 heavy (non-hydrogen) atoms. The molecule has 0 amide bonds. The molecule has 9 aromatic rings. The van der Waals surface area contributed by atoms with E-state index in [-0.39, 0.29) is 12.1 Å². The van der Waals surface area contributed by atoms with Crippen molar-refractivity contribution in [1.29, 1.82) is 0 Å². The van der Waals surface area contributed by atoms with Crippen molar-refractivity contribution in [2.45, 2.75) is 19.3 Å². The van der Waals surface area contributed by atoms with E-state index >= 15 is 0 Å². The van der Waals surface area contributed by atoms with Crippen molar-refractivity contribution in [3.8, 4) is 56.4 Å². The molecular weight excluding hydrogens is 717 g/mol. The van der Waals surface area contributed by atoms with Crippen LogP contribution in [0.5, 0.6) is 23.0 Å². The normalized spacial score (nSPS) is 13.6. The molecule has 0 bridgehead atoms. The lowest BCUT2D eigenvalue weighted by Crippen LogP contribution is -2.57. The van der Waals surface area contributed by atoms with Gasteiger partial charge in [-0.3, -0.25) is 0 Å². The third kappa shape index (κ3) is 5.09. The molecule has 0 N–H and O–H groups in total. The zero-order valence-corrected chi connectivity index (χ0v) is 32.8. The van der Waals surface area contributed by atoms with Crippen molar-refractivity contribution in [3.05, 3.63) is 205 Å². The molecule has 0 unspecified atom stereocenters. The van der Waals surface area contributed by atoms with Crippen LogP contribution in [0.25, 0.3) is 44.2 Å². The van der Waals surface area contributed by atoms with E-state index in [4.69, 9.17) is 9.47 Å². The van der Waals surface area contributed by atoms with Crippen molar-refractivity contribution < 1.29 is 9.47 Å². The number of para-hydroxylation sites is 3. The maximum absolute atomic E-state index is 7.16. The molecule has 2 heterocycles. The summed E-state index contributed by atoms with van der Waals surface area (Å²) in [6.45, 7) is 4.72. The first kappa shape index (κ1) is 33.8. The fourth-order valence-corrected chi connectivity index (χ4v) is 10.0. The third-order valence-electron chi connectivity index (χ3n) is 12.8. The molecule has 3 nitrogen and oxygen atoms in total. The molecule has 12 rings (SSSR count). The SMILES string of the molecule is CC1(C)c2cc3c(cc2-c2c1cc(N(c1ccccc1)c1ccccc1)c1ccccc21)Oc1cc(-c2ccccc2-c2ccccc2)cc2c1B3c1ccccc1O2. The topological polar surface area (TPSA) is 21.7 Å². The summed E-state index contributed by atoms with van der Waals surface area (Å²) < 4.78 is 14.0. The number of hydrogen-bond donors (Lipinski definition) is 0. The van der Waals surface area contributed by atoms with Crippen LogP contribution in [-0.2, 0) is 5.41 Å². The minimum Gasteiger partial charge on any atom is -0.458 e. The summed E-state index contributed by atoms with van der Waals surface area (Å²) in [4.78, 5) is 2.40. The lowest BCUT2D eigenvalue weighted by molar-refractivity contribution is 0.465. The van der Waals surface area contributed by atoms with Gasteiger partial charge in [-0.15, -0.1) is 0 Å². The largest absolute Gasteiger partial charge is 0.458 e. The second kappa shape index (κ2) is 12.9. The van der Waals surface area contributed by atoms with E-state index in [1.54, 1.807) is 0 Å². The minimum atomic E-state index is -0.295. The maximum Gasteiger partial charge on any atom is 0.260 e. The van der Waals surface area contributed by atoms with Gasteiger partial charge in [-0.2, -0.15) is 0 Å². The Morgan fingerprint density at radius 2 is 0.983 bits per heavy atom. The molecule has 2 aliphatic heterocycles. The summed E-state index contributed by atoms with van der Waals surface area (Å²) in [6.07, 6.45) is 0. The predicted octanol–water partition coefficient (Wildman–Crippen LogP) is 12.7. The fraction of sp³-hybridized carbons (Fsp3) is 0.0545. The number of anilines is 3. The van der Waals surface area contributed by atoms with Gasteiger partial charge in [0, 0.05) is 27.6 Å². The fourth-order valence-electron chi connectivity index (χ4n) is 10.0. The lowest BCUT2D eigenvalue weighted by atomic mass is 9.34. The quantitative estimate of drug-likeness (QED) is 0.163. The van der Waals surface area contributed by atoms with Gasteiger partial charge in [-0.25, -0.2) is 0 Å². The predicted molar refractivity (Wildman–Crippen MR) is 245 cm³/mol. The molecule has 0 radical (unpaired) electrons. The summed E-state index contributed by atoms with van der Waals surface area (Å²) >= 11 is 0. The zero-order chi connectivity index (χ0) is 39.2. The Morgan fingerprint density at radius 1 is 0.424 bits per heavy atom. The Bertz CT molecular complexity index is 3100. The van der Waals surface area contributed by atoms with Crippen molar-refractivity contribution in [2.24, 2.45) is 0 Å². The highest BCUT2D eigenvalue weighted by molar-refractivity contribution is 6.98. The van der Waals surface area contributed by atoms with Crippen LogP contribution < -0.4 is 30.8 Å². The van der Waals surface area contributed by atoms with E-state index in [1.165, 1.54) is 49.6 Å². The Kier molecular flexibility index (Phi) is 7.37.